The van der Waals surface area contributed by atoms with Gasteiger partial charge in [-0.15, -0.1) is 0 Å². The first-order valence-corrected chi connectivity index (χ1v) is 8.12. The molecular formula is C17H25N3O. The van der Waals surface area contributed by atoms with E-state index in [1.54, 1.807) is 0 Å². The van der Waals surface area contributed by atoms with Crippen molar-refractivity contribution in [3.63, 3.8) is 0 Å². The molecule has 4 heteroatoms. The Morgan fingerprint density at radius 2 is 2.19 bits per heavy atom. The molecule has 1 aromatic carbocycles. The first kappa shape index (κ1) is 14.5. The van der Waals surface area contributed by atoms with E-state index in [1.807, 2.05) is 12.1 Å². The molecule has 1 heterocycles. The lowest BCUT2D eigenvalue weighted by Gasteiger charge is -2.26. The van der Waals surface area contributed by atoms with Crippen LogP contribution < -0.4 is 10.6 Å². The van der Waals surface area contributed by atoms with Gasteiger partial charge in [-0.25, -0.2) is 0 Å². The molecule has 4 nitrogen and oxygen atoms in total. The molecule has 1 aliphatic carbocycles. The first-order chi connectivity index (χ1) is 10.3. The molecular weight excluding hydrogens is 262 g/mol. The topological polar surface area (TPSA) is 44.4 Å². The van der Waals surface area contributed by atoms with Crippen LogP contribution in [0.5, 0.6) is 0 Å². The van der Waals surface area contributed by atoms with Crippen LogP contribution in [0.25, 0.3) is 0 Å². The van der Waals surface area contributed by atoms with Gasteiger partial charge in [0.1, 0.15) is 6.04 Å². The molecule has 1 atom stereocenters. The Hall–Kier alpha value is -1.39. The van der Waals surface area contributed by atoms with Crippen LogP contribution in [-0.4, -0.2) is 43.0 Å². The lowest BCUT2D eigenvalue weighted by molar-refractivity contribution is -0.123. The second-order valence-electron chi connectivity index (χ2n) is 5.99. The van der Waals surface area contributed by atoms with Crippen LogP contribution in [0.15, 0.2) is 24.3 Å². The summed E-state index contributed by atoms with van der Waals surface area (Å²) in [6.45, 7) is 5.84. The number of rotatable bonds is 6. The van der Waals surface area contributed by atoms with Crippen molar-refractivity contribution in [2.24, 2.45) is 0 Å². The largest absolute Gasteiger partial charge is 0.353 e. The molecule has 21 heavy (non-hydrogen) atoms. The van der Waals surface area contributed by atoms with Gasteiger partial charge in [-0.1, -0.05) is 31.2 Å². The smallest absolute Gasteiger partial charge is 0.241 e. The van der Waals surface area contributed by atoms with E-state index < -0.39 is 0 Å². The number of nitrogens with one attached hydrogen (secondary N) is 2. The summed E-state index contributed by atoms with van der Waals surface area (Å²) in [6, 6.07) is 8.83. The van der Waals surface area contributed by atoms with Gasteiger partial charge in [-0.3, -0.25) is 9.69 Å². The van der Waals surface area contributed by atoms with Crippen LogP contribution in [-0.2, 0) is 11.2 Å². The molecule has 1 unspecified atom stereocenters. The number of likely N-dealkylation sites (N-methyl/N-ethyl adjacent to an activating group) is 1. The molecule has 0 bridgehead atoms. The minimum atomic E-state index is -0.189. The van der Waals surface area contributed by atoms with E-state index in [1.165, 1.54) is 18.4 Å². The fraction of sp³-hybridized carbons (Fsp3) is 0.588. The summed E-state index contributed by atoms with van der Waals surface area (Å²) in [6.07, 6.45) is 3.64. The van der Waals surface area contributed by atoms with Crippen molar-refractivity contribution in [3.8, 4) is 0 Å². The Morgan fingerprint density at radius 1 is 1.38 bits per heavy atom. The third-order valence-electron chi connectivity index (χ3n) is 4.54. The van der Waals surface area contributed by atoms with E-state index in [2.05, 4.69) is 34.6 Å². The third-order valence-corrected chi connectivity index (χ3v) is 4.54. The average Bonchev–Trinajstić information content (AvgIpc) is 3.35. The summed E-state index contributed by atoms with van der Waals surface area (Å²) in [4.78, 5) is 14.9. The first-order valence-electron chi connectivity index (χ1n) is 8.12. The molecule has 0 aromatic heterocycles. The Morgan fingerprint density at radius 3 is 2.95 bits per heavy atom. The fourth-order valence-corrected chi connectivity index (χ4v) is 3.20. The summed E-state index contributed by atoms with van der Waals surface area (Å²) in [5.41, 5.74) is 2.43. The van der Waals surface area contributed by atoms with Crippen molar-refractivity contribution in [2.45, 2.75) is 38.3 Å². The lowest BCUT2D eigenvalue weighted by Crippen LogP contribution is -2.44. The van der Waals surface area contributed by atoms with Gasteiger partial charge >= 0.3 is 0 Å². The van der Waals surface area contributed by atoms with Gasteiger partial charge in [0.2, 0.25) is 5.91 Å². The van der Waals surface area contributed by atoms with Gasteiger partial charge in [-0.2, -0.15) is 0 Å². The van der Waals surface area contributed by atoms with Crippen LogP contribution in [0.3, 0.4) is 0 Å². The summed E-state index contributed by atoms with van der Waals surface area (Å²) < 4.78 is 0. The van der Waals surface area contributed by atoms with E-state index in [4.69, 9.17) is 0 Å². The van der Waals surface area contributed by atoms with Gasteiger partial charge in [0, 0.05) is 25.7 Å². The highest BCUT2D eigenvalue weighted by molar-refractivity contribution is 5.83. The molecule has 114 valence electrons. The Balaban J connectivity index is 1.54. The normalized spacial score (nSPS) is 21.1. The van der Waals surface area contributed by atoms with Crippen molar-refractivity contribution in [3.05, 3.63) is 35.4 Å². The van der Waals surface area contributed by atoms with Gasteiger partial charge in [0.25, 0.3) is 0 Å². The van der Waals surface area contributed by atoms with E-state index >= 15 is 0 Å². The zero-order valence-corrected chi connectivity index (χ0v) is 12.8. The quantitative estimate of drug-likeness (QED) is 0.833. The van der Waals surface area contributed by atoms with E-state index in [-0.39, 0.29) is 11.9 Å². The van der Waals surface area contributed by atoms with Crippen LogP contribution in [0.2, 0.25) is 0 Å². The molecule has 0 radical (unpaired) electrons. The van der Waals surface area contributed by atoms with Crippen molar-refractivity contribution in [1.29, 1.82) is 0 Å². The molecule has 2 aliphatic rings. The van der Waals surface area contributed by atoms with E-state index in [0.717, 1.165) is 44.2 Å². The minimum absolute atomic E-state index is 0.106. The predicted molar refractivity (Wildman–Crippen MR) is 84.2 cm³/mol. The Bertz CT molecular complexity index is 499. The summed E-state index contributed by atoms with van der Waals surface area (Å²) in [5.74, 6) is 0.106. The Kier molecular flexibility index (Phi) is 4.56. The van der Waals surface area contributed by atoms with Crippen LogP contribution in [0.1, 0.15) is 36.9 Å². The third kappa shape index (κ3) is 3.44. The van der Waals surface area contributed by atoms with Crippen molar-refractivity contribution in [2.75, 3.05) is 26.2 Å². The summed E-state index contributed by atoms with van der Waals surface area (Å²) in [5, 5.41) is 6.43. The van der Waals surface area contributed by atoms with Gasteiger partial charge in [-0.05, 0) is 36.9 Å². The second-order valence-corrected chi connectivity index (χ2v) is 5.99. The highest BCUT2D eigenvalue weighted by Crippen LogP contribution is 2.26. The molecule has 0 saturated heterocycles. The van der Waals surface area contributed by atoms with Crippen molar-refractivity contribution in [1.82, 2.24) is 15.5 Å². The number of nitrogens with zero attached hydrogens (tertiary/aromatic N) is 1. The van der Waals surface area contributed by atoms with E-state index in [0.29, 0.717) is 0 Å². The molecule has 2 N–H and O–H groups in total. The van der Waals surface area contributed by atoms with Crippen molar-refractivity contribution >= 4 is 5.91 Å². The highest BCUT2D eigenvalue weighted by atomic mass is 16.2. The molecule has 3 rings (SSSR count). The number of hydrogen-bond donors (Lipinski definition) is 2. The van der Waals surface area contributed by atoms with Gasteiger partial charge in [0.05, 0.1) is 0 Å². The maximum Gasteiger partial charge on any atom is 0.241 e. The summed E-state index contributed by atoms with van der Waals surface area (Å²) in [7, 11) is 0. The number of carbonyl (C=O) groups excluding carboxylic acids is 1. The predicted octanol–water partition coefficient (Wildman–Crippen LogP) is 1.47. The van der Waals surface area contributed by atoms with Gasteiger partial charge in [0.15, 0.2) is 0 Å². The molecule has 1 saturated carbocycles. The zero-order chi connectivity index (χ0) is 14.7. The SMILES string of the molecule is CCN(CCNC(=O)C1NCCc2ccccc21)C1CC1. The lowest BCUT2D eigenvalue weighted by atomic mass is 9.94. The zero-order valence-electron chi connectivity index (χ0n) is 12.8. The van der Waals surface area contributed by atoms with E-state index in [9.17, 15) is 4.79 Å². The maximum atomic E-state index is 12.4. The molecule has 0 spiro atoms. The molecule has 1 amide bonds. The maximum absolute atomic E-state index is 12.4. The van der Waals surface area contributed by atoms with Gasteiger partial charge < -0.3 is 10.6 Å². The molecule has 1 fully saturated rings. The monoisotopic (exact) mass is 287 g/mol. The van der Waals surface area contributed by atoms with Crippen molar-refractivity contribution < 1.29 is 4.79 Å². The summed E-state index contributed by atoms with van der Waals surface area (Å²) >= 11 is 0. The minimum Gasteiger partial charge on any atom is -0.353 e. The van der Waals surface area contributed by atoms with Crippen LogP contribution in [0.4, 0.5) is 0 Å². The number of benzene rings is 1. The number of carbonyl (C=O) groups is 1. The standard InChI is InChI=1S/C17H25N3O/c1-2-20(14-7-8-14)12-11-19-17(21)16-15-6-4-3-5-13(15)9-10-18-16/h3-6,14,16,18H,2,7-12H2,1H3,(H,19,21). The molecule has 1 aromatic rings. The fourth-order valence-electron chi connectivity index (χ4n) is 3.20. The number of hydrogen-bond acceptors (Lipinski definition) is 3. The Labute approximate surface area is 126 Å². The number of fused-ring (bicyclic) bond motifs is 1. The number of amides is 1. The van der Waals surface area contributed by atoms with Crippen LogP contribution >= 0.6 is 0 Å². The van der Waals surface area contributed by atoms with Crippen LogP contribution in [0, 0.1) is 0 Å². The average molecular weight is 287 g/mol. The molecule has 1 aliphatic heterocycles. The highest BCUT2D eigenvalue weighted by Gasteiger charge is 2.28. The second kappa shape index (κ2) is 6.58.